The Morgan fingerprint density at radius 2 is 0.549 bits per heavy atom. The van der Waals surface area contributed by atoms with Crippen LogP contribution in [0.25, 0.3) is 0 Å². The lowest BCUT2D eigenvalue weighted by Gasteiger charge is -2.18. The summed E-state index contributed by atoms with van der Waals surface area (Å²) < 4.78 is 16.9. The summed E-state index contributed by atoms with van der Waals surface area (Å²) in [5, 5.41) is 0. The van der Waals surface area contributed by atoms with E-state index in [4.69, 9.17) is 14.2 Å². The quantitative estimate of drug-likeness (QED) is 0.0261. The lowest BCUT2D eigenvalue weighted by Crippen LogP contribution is -2.30. The number of ether oxygens (including phenoxy) is 3. The highest BCUT2D eigenvalue weighted by molar-refractivity contribution is 5.71. The molecule has 0 heterocycles. The van der Waals surface area contributed by atoms with Crippen LogP contribution in [-0.4, -0.2) is 37.2 Å². The average molecular weight is 994 g/mol. The van der Waals surface area contributed by atoms with Gasteiger partial charge in [0.2, 0.25) is 0 Å². The first-order chi connectivity index (χ1) is 35.0. The second-order valence-corrected chi connectivity index (χ2v) is 20.6. The van der Waals surface area contributed by atoms with Crippen molar-refractivity contribution >= 4 is 17.9 Å². The van der Waals surface area contributed by atoms with E-state index in [-0.39, 0.29) is 31.1 Å². The van der Waals surface area contributed by atoms with E-state index < -0.39 is 6.10 Å². The molecule has 0 radical (unpaired) electrons. The van der Waals surface area contributed by atoms with Crippen LogP contribution in [0, 0.1) is 0 Å². The smallest absolute Gasteiger partial charge is 0.306 e. The Labute approximate surface area is 440 Å². The van der Waals surface area contributed by atoms with Crippen molar-refractivity contribution in [2.75, 3.05) is 13.2 Å². The lowest BCUT2D eigenvalue weighted by molar-refractivity contribution is -0.167. The zero-order valence-electron chi connectivity index (χ0n) is 47.2. The van der Waals surface area contributed by atoms with Crippen molar-refractivity contribution < 1.29 is 28.6 Å². The summed E-state index contributed by atoms with van der Waals surface area (Å²) in [6.45, 7) is 6.54. The van der Waals surface area contributed by atoms with Crippen LogP contribution in [0.3, 0.4) is 0 Å². The van der Waals surface area contributed by atoms with Crippen molar-refractivity contribution in [2.24, 2.45) is 0 Å². The number of esters is 3. The summed E-state index contributed by atoms with van der Waals surface area (Å²) in [4.78, 5) is 38.3. The first-order valence-corrected chi connectivity index (χ1v) is 30.8. The predicted octanol–water partition coefficient (Wildman–Crippen LogP) is 20.8. The van der Waals surface area contributed by atoms with E-state index in [9.17, 15) is 14.4 Å². The third-order valence-corrected chi connectivity index (χ3v) is 13.5. The molecule has 0 aliphatic carbocycles. The number of hydrogen-bond donors (Lipinski definition) is 0. The minimum Gasteiger partial charge on any atom is -0.462 e. The Morgan fingerprint density at radius 3 is 0.887 bits per heavy atom. The van der Waals surface area contributed by atoms with Gasteiger partial charge in [0.1, 0.15) is 13.2 Å². The molecule has 0 aliphatic rings. The van der Waals surface area contributed by atoms with Gasteiger partial charge in [0, 0.05) is 19.3 Å². The highest BCUT2D eigenvalue weighted by atomic mass is 16.6. The van der Waals surface area contributed by atoms with Gasteiger partial charge in [-0.15, -0.1) is 0 Å². The molecule has 0 aromatic rings. The summed E-state index contributed by atoms with van der Waals surface area (Å²) in [5.41, 5.74) is 0. The Balaban J connectivity index is 4.37. The van der Waals surface area contributed by atoms with Gasteiger partial charge >= 0.3 is 17.9 Å². The van der Waals surface area contributed by atoms with E-state index in [0.29, 0.717) is 19.3 Å². The van der Waals surface area contributed by atoms with E-state index in [0.717, 1.165) is 89.9 Å². The van der Waals surface area contributed by atoms with E-state index >= 15 is 0 Å². The maximum absolute atomic E-state index is 12.9. The van der Waals surface area contributed by atoms with Crippen molar-refractivity contribution in [2.45, 2.75) is 322 Å². The van der Waals surface area contributed by atoms with E-state index in [2.05, 4.69) is 81.5 Å². The van der Waals surface area contributed by atoms with Crippen LogP contribution in [0.2, 0.25) is 0 Å². The van der Waals surface area contributed by atoms with Crippen LogP contribution in [0.4, 0.5) is 0 Å². The zero-order chi connectivity index (χ0) is 51.4. The molecule has 0 fully saturated rings. The fourth-order valence-electron chi connectivity index (χ4n) is 8.90. The summed E-state index contributed by atoms with van der Waals surface area (Å²) in [6.07, 6.45) is 75.0. The van der Waals surface area contributed by atoms with Crippen LogP contribution >= 0.6 is 0 Å². The fraction of sp³-hybridized carbons (Fsp3) is 0.800. The predicted molar refractivity (Wildman–Crippen MR) is 307 cm³/mol. The molecule has 0 saturated heterocycles. The Hall–Kier alpha value is -2.89. The first kappa shape index (κ1) is 68.1. The third-order valence-electron chi connectivity index (χ3n) is 13.5. The van der Waals surface area contributed by atoms with Crippen molar-refractivity contribution in [3.05, 3.63) is 60.8 Å². The fourth-order valence-corrected chi connectivity index (χ4v) is 8.90. The van der Waals surface area contributed by atoms with Gasteiger partial charge in [-0.25, -0.2) is 0 Å². The van der Waals surface area contributed by atoms with Crippen molar-refractivity contribution in [3.8, 4) is 0 Å². The SMILES string of the molecule is CC/C=C\C/C=C\C/C=C\C/C=C\CCCCCCCCC(=O)OCC(COC(=O)CCCCCCCCC/C=C\CCCCCC)OC(=O)CCCCCCCCCCCCCCCCCCCCC. The highest BCUT2D eigenvalue weighted by Gasteiger charge is 2.19. The van der Waals surface area contributed by atoms with Crippen molar-refractivity contribution in [1.29, 1.82) is 0 Å². The number of rotatable bonds is 56. The van der Waals surface area contributed by atoms with Crippen molar-refractivity contribution in [3.63, 3.8) is 0 Å². The topological polar surface area (TPSA) is 78.9 Å². The maximum Gasteiger partial charge on any atom is 0.306 e. The minimum absolute atomic E-state index is 0.0782. The molecule has 0 spiro atoms. The molecule has 0 aromatic heterocycles. The zero-order valence-corrected chi connectivity index (χ0v) is 47.2. The molecule has 412 valence electrons. The van der Waals surface area contributed by atoms with Gasteiger partial charge in [-0.05, 0) is 83.5 Å². The molecule has 1 atom stereocenters. The van der Waals surface area contributed by atoms with Gasteiger partial charge in [0.05, 0.1) is 0 Å². The number of unbranched alkanes of at least 4 members (excludes halogenated alkanes) is 35. The molecule has 6 nitrogen and oxygen atoms in total. The molecule has 0 amide bonds. The van der Waals surface area contributed by atoms with Crippen LogP contribution < -0.4 is 0 Å². The molecule has 0 rings (SSSR count). The maximum atomic E-state index is 12.9. The van der Waals surface area contributed by atoms with Crippen LogP contribution in [0.15, 0.2) is 60.8 Å². The van der Waals surface area contributed by atoms with Gasteiger partial charge in [0.15, 0.2) is 6.10 Å². The molecule has 71 heavy (non-hydrogen) atoms. The summed E-state index contributed by atoms with van der Waals surface area (Å²) in [6, 6.07) is 0. The van der Waals surface area contributed by atoms with Gasteiger partial charge in [0.25, 0.3) is 0 Å². The minimum atomic E-state index is -0.781. The normalized spacial score (nSPS) is 12.4. The lowest BCUT2D eigenvalue weighted by atomic mass is 10.0. The van der Waals surface area contributed by atoms with Crippen LogP contribution in [0.1, 0.15) is 316 Å². The van der Waals surface area contributed by atoms with Crippen LogP contribution in [-0.2, 0) is 28.6 Å². The Kier molecular flexibility index (Phi) is 57.2. The summed E-state index contributed by atoms with van der Waals surface area (Å²) in [7, 11) is 0. The molecule has 0 aliphatic heterocycles. The summed E-state index contributed by atoms with van der Waals surface area (Å²) in [5.74, 6) is -0.879. The third kappa shape index (κ3) is 57.9. The Morgan fingerprint density at radius 1 is 0.296 bits per heavy atom. The molecule has 0 aromatic carbocycles. The molecule has 0 bridgehead atoms. The van der Waals surface area contributed by atoms with Crippen molar-refractivity contribution in [1.82, 2.24) is 0 Å². The second kappa shape index (κ2) is 59.7. The van der Waals surface area contributed by atoms with Gasteiger partial charge in [-0.2, -0.15) is 0 Å². The molecule has 0 N–H and O–H groups in total. The number of hydrogen-bond acceptors (Lipinski definition) is 6. The van der Waals surface area contributed by atoms with E-state index in [1.807, 2.05) is 0 Å². The number of carbonyl (C=O) groups is 3. The molecule has 0 saturated carbocycles. The molecule has 6 heteroatoms. The van der Waals surface area contributed by atoms with Gasteiger partial charge in [-0.1, -0.05) is 274 Å². The molecular formula is C65H116O6. The largest absolute Gasteiger partial charge is 0.462 e. The molecule has 1 unspecified atom stereocenters. The van der Waals surface area contributed by atoms with E-state index in [1.165, 1.54) is 186 Å². The molecular weight excluding hydrogens is 877 g/mol. The average Bonchev–Trinajstić information content (AvgIpc) is 3.37. The number of allylic oxidation sites excluding steroid dienone is 10. The first-order valence-electron chi connectivity index (χ1n) is 30.8. The Bertz CT molecular complexity index is 1280. The second-order valence-electron chi connectivity index (χ2n) is 20.6. The highest BCUT2D eigenvalue weighted by Crippen LogP contribution is 2.17. The standard InChI is InChI=1S/C65H116O6/c1-4-7-10-13-16-19-22-25-28-30-32-34-37-40-43-46-49-52-55-58-64(67)70-61-62(60-69-63(66)57-54-51-48-45-42-39-36-27-24-21-18-15-12-9-6-3)71-65(68)59-56-53-50-47-44-41-38-35-33-31-29-26-23-20-17-14-11-8-5-2/h7,10,16,19,21,24-25,28,32,34,62H,4-6,8-9,11-15,17-18,20,22-23,26-27,29-31,33,35-61H2,1-3H3/b10-7-,19-16-,24-21-,28-25-,34-32-. The monoisotopic (exact) mass is 993 g/mol. The van der Waals surface area contributed by atoms with E-state index in [1.54, 1.807) is 0 Å². The van der Waals surface area contributed by atoms with Crippen LogP contribution in [0.5, 0.6) is 0 Å². The van der Waals surface area contributed by atoms with Gasteiger partial charge in [-0.3, -0.25) is 14.4 Å². The summed E-state index contributed by atoms with van der Waals surface area (Å²) >= 11 is 0. The number of carbonyl (C=O) groups excluding carboxylic acids is 3. The van der Waals surface area contributed by atoms with Gasteiger partial charge < -0.3 is 14.2 Å².